The molecule has 11 heavy (non-hydrogen) atoms. The topological polar surface area (TPSA) is 38.3 Å². The first-order valence-corrected chi connectivity index (χ1v) is 4.54. The van der Waals surface area contributed by atoms with E-state index in [1.165, 1.54) is 11.9 Å². The van der Waals surface area contributed by atoms with Gasteiger partial charge in [0, 0.05) is 6.42 Å². The lowest BCUT2D eigenvalue weighted by molar-refractivity contribution is -0.123. The van der Waals surface area contributed by atoms with E-state index in [-0.39, 0.29) is 17.9 Å². The largest absolute Gasteiger partial charge is 0.493 e. The lowest BCUT2D eigenvalue weighted by Crippen LogP contribution is -2.26. The Kier molecular flexibility index (Phi) is 0.943. The predicted molar refractivity (Wildman–Crippen MR) is 40.4 cm³/mol. The average molecular weight is 169 g/mol. The number of hydrogen-bond donors (Lipinski definition) is 1. The van der Waals surface area contributed by atoms with Crippen LogP contribution in [0.5, 0.6) is 0 Å². The van der Waals surface area contributed by atoms with Crippen molar-refractivity contribution >= 4 is 17.9 Å². The number of nitrogens with one attached hydrogen (secondary N) is 1. The minimum absolute atomic E-state index is 0.0451. The van der Waals surface area contributed by atoms with Gasteiger partial charge in [-0.1, -0.05) is 0 Å². The molecular formula is C7H7NO2S. The maximum Gasteiger partial charge on any atom is 0.242 e. The molecule has 0 aliphatic carbocycles. The number of amides is 1. The van der Waals surface area contributed by atoms with Gasteiger partial charge in [-0.3, -0.25) is 9.52 Å². The molecule has 58 valence electrons. The third-order valence-corrected chi connectivity index (χ3v) is 3.43. The summed E-state index contributed by atoms with van der Waals surface area (Å²) in [4.78, 5) is 12.3. The van der Waals surface area contributed by atoms with Gasteiger partial charge >= 0.3 is 0 Å². The van der Waals surface area contributed by atoms with E-state index in [9.17, 15) is 4.79 Å². The third-order valence-electron chi connectivity index (χ3n) is 2.42. The van der Waals surface area contributed by atoms with Gasteiger partial charge in [-0.25, -0.2) is 0 Å². The van der Waals surface area contributed by atoms with Gasteiger partial charge in [0.1, 0.15) is 17.8 Å². The van der Waals surface area contributed by atoms with Crippen LogP contribution in [0.25, 0.3) is 0 Å². The lowest BCUT2D eigenvalue weighted by atomic mass is 9.95. The molecule has 0 radical (unpaired) electrons. The van der Waals surface area contributed by atoms with Gasteiger partial charge < -0.3 is 4.74 Å². The van der Waals surface area contributed by atoms with E-state index in [2.05, 4.69) is 4.72 Å². The fraction of sp³-hybridized carbons (Fsp3) is 0.571. The van der Waals surface area contributed by atoms with E-state index >= 15 is 0 Å². The zero-order valence-electron chi connectivity index (χ0n) is 5.79. The maximum absolute atomic E-state index is 11.2. The second-order valence-corrected chi connectivity index (χ2v) is 3.88. The monoisotopic (exact) mass is 169 g/mol. The molecule has 2 bridgehead atoms. The van der Waals surface area contributed by atoms with Crippen LogP contribution in [0.2, 0.25) is 0 Å². The summed E-state index contributed by atoms with van der Waals surface area (Å²) in [5.41, 5.74) is 0. The van der Waals surface area contributed by atoms with Gasteiger partial charge in [-0.2, -0.15) is 0 Å². The van der Waals surface area contributed by atoms with Crippen LogP contribution in [0.3, 0.4) is 0 Å². The van der Waals surface area contributed by atoms with Gasteiger partial charge in [0.15, 0.2) is 0 Å². The number of carbonyl (C=O) groups is 1. The number of allylic oxidation sites excluding steroid dienone is 1. The van der Waals surface area contributed by atoms with Crippen LogP contribution in [-0.4, -0.2) is 12.0 Å². The van der Waals surface area contributed by atoms with Crippen molar-refractivity contribution in [3.05, 3.63) is 10.7 Å². The van der Waals surface area contributed by atoms with Crippen LogP contribution in [-0.2, 0) is 9.53 Å². The Bertz CT molecular complexity index is 274. The van der Waals surface area contributed by atoms with Gasteiger partial charge in [0.2, 0.25) is 5.91 Å². The molecular weight excluding hydrogens is 162 g/mol. The molecule has 1 N–H and O–H groups in total. The first kappa shape index (κ1) is 5.94. The first-order chi connectivity index (χ1) is 5.36. The Hall–Kier alpha value is -0.640. The van der Waals surface area contributed by atoms with Crippen molar-refractivity contribution in [3.8, 4) is 0 Å². The van der Waals surface area contributed by atoms with E-state index in [0.29, 0.717) is 0 Å². The van der Waals surface area contributed by atoms with E-state index in [1.807, 2.05) is 0 Å². The van der Waals surface area contributed by atoms with Gasteiger partial charge in [0.05, 0.1) is 4.91 Å². The molecule has 0 spiro atoms. The highest BCUT2D eigenvalue weighted by atomic mass is 32.2. The second-order valence-electron chi connectivity index (χ2n) is 3.03. The van der Waals surface area contributed by atoms with Crippen molar-refractivity contribution < 1.29 is 9.53 Å². The molecule has 2 saturated heterocycles. The van der Waals surface area contributed by atoms with Crippen LogP contribution in [0, 0.1) is 5.92 Å². The van der Waals surface area contributed by atoms with Crippen molar-refractivity contribution in [1.29, 1.82) is 0 Å². The van der Waals surface area contributed by atoms with Crippen LogP contribution in [0.4, 0.5) is 0 Å². The summed E-state index contributed by atoms with van der Waals surface area (Å²) in [5, 5.41) is 0. The highest BCUT2D eigenvalue weighted by molar-refractivity contribution is 8.02. The van der Waals surface area contributed by atoms with Crippen molar-refractivity contribution in [1.82, 2.24) is 4.72 Å². The van der Waals surface area contributed by atoms with Gasteiger partial charge in [-0.15, -0.1) is 0 Å². The quantitative estimate of drug-likeness (QED) is 0.545. The van der Waals surface area contributed by atoms with Crippen LogP contribution >= 0.6 is 11.9 Å². The molecule has 4 heteroatoms. The van der Waals surface area contributed by atoms with E-state index in [1.54, 1.807) is 0 Å². The van der Waals surface area contributed by atoms with E-state index in [0.717, 1.165) is 23.5 Å². The van der Waals surface area contributed by atoms with Crippen LogP contribution in [0.15, 0.2) is 10.7 Å². The number of fused-ring (bicyclic) bond motifs is 4. The summed E-state index contributed by atoms with van der Waals surface area (Å²) in [6.07, 6.45) is 2.21. The minimum atomic E-state index is 0.0451. The summed E-state index contributed by atoms with van der Waals surface area (Å²) < 4.78 is 8.27. The number of hydrogen-bond acceptors (Lipinski definition) is 3. The fourth-order valence-corrected chi connectivity index (χ4v) is 2.90. The molecule has 0 unspecified atom stereocenters. The van der Waals surface area contributed by atoms with Crippen molar-refractivity contribution in [2.75, 3.05) is 0 Å². The van der Waals surface area contributed by atoms with Crippen molar-refractivity contribution in [3.63, 3.8) is 0 Å². The highest BCUT2D eigenvalue weighted by Crippen LogP contribution is 2.49. The van der Waals surface area contributed by atoms with Crippen LogP contribution < -0.4 is 4.72 Å². The molecule has 0 aromatic heterocycles. The Balaban J connectivity index is 2.12. The molecule has 3 rings (SSSR count). The smallest absolute Gasteiger partial charge is 0.242 e. The normalized spacial score (nSPS) is 39.1. The predicted octanol–water partition coefficient (Wildman–Crippen LogP) is 0.785. The summed E-state index contributed by atoms with van der Waals surface area (Å²) in [6.45, 7) is 0. The standard InChI is InChI=1S/C7H7NO2S/c9-7-5-3-1-2-4(10-3)6(5)11-8-7/h3,5H,1-2H2,(H,8,9)/t3-,5-/m0/s1. The Morgan fingerprint density at radius 3 is 3.36 bits per heavy atom. The molecule has 0 aromatic carbocycles. The molecule has 3 heterocycles. The maximum atomic E-state index is 11.2. The number of carbonyl (C=O) groups excluding carboxylic acids is 1. The zero-order chi connectivity index (χ0) is 7.42. The first-order valence-electron chi connectivity index (χ1n) is 3.72. The van der Waals surface area contributed by atoms with Crippen LogP contribution in [0.1, 0.15) is 12.8 Å². The number of ether oxygens (including phenoxy) is 1. The zero-order valence-corrected chi connectivity index (χ0v) is 6.61. The summed E-state index contributed by atoms with van der Waals surface area (Å²) in [7, 11) is 0. The van der Waals surface area contributed by atoms with E-state index in [4.69, 9.17) is 4.74 Å². The summed E-state index contributed by atoms with van der Waals surface area (Å²) >= 11 is 1.44. The van der Waals surface area contributed by atoms with Crippen molar-refractivity contribution in [2.24, 2.45) is 5.92 Å². The number of rotatable bonds is 0. The summed E-state index contributed by atoms with van der Waals surface area (Å²) in [6, 6.07) is 0. The SMILES string of the molecule is O=C1NSC2=C3CC[C@H](O3)[C@H]12. The molecule has 3 nitrogen and oxygen atoms in total. The fourth-order valence-electron chi connectivity index (χ4n) is 1.91. The Labute approximate surface area is 68.3 Å². The molecule has 0 aromatic rings. The summed E-state index contributed by atoms with van der Waals surface area (Å²) in [5.74, 6) is 1.23. The Morgan fingerprint density at radius 2 is 2.55 bits per heavy atom. The third kappa shape index (κ3) is 0.588. The molecule has 3 aliphatic rings. The molecule has 0 saturated carbocycles. The van der Waals surface area contributed by atoms with Gasteiger partial charge in [0.25, 0.3) is 0 Å². The highest BCUT2D eigenvalue weighted by Gasteiger charge is 2.49. The van der Waals surface area contributed by atoms with Crippen molar-refractivity contribution in [2.45, 2.75) is 18.9 Å². The Morgan fingerprint density at radius 1 is 1.64 bits per heavy atom. The molecule has 1 amide bonds. The molecule has 2 atom stereocenters. The average Bonchev–Trinajstić information content (AvgIpc) is 2.60. The van der Waals surface area contributed by atoms with Gasteiger partial charge in [-0.05, 0) is 18.4 Å². The van der Waals surface area contributed by atoms with E-state index < -0.39 is 0 Å². The second kappa shape index (κ2) is 1.75. The minimum Gasteiger partial charge on any atom is -0.493 e. The lowest BCUT2D eigenvalue weighted by Gasteiger charge is -2.09. The molecule has 2 fully saturated rings. The molecule has 3 aliphatic heterocycles.